The van der Waals surface area contributed by atoms with Crippen molar-refractivity contribution >= 4 is 23.2 Å². The molecule has 162 valence electrons. The minimum absolute atomic E-state index is 0.0218. The Morgan fingerprint density at radius 1 is 0.559 bits per heavy atom. The van der Waals surface area contributed by atoms with Crippen molar-refractivity contribution in [1.29, 1.82) is 0 Å². The number of anilines is 1. The van der Waals surface area contributed by atoms with Gasteiger partial charge >= 0.3 is 0 Å². The summed E-state index contributed by atoms with van der Waals surface area (Å²) < 4.78 is 0. The zero-order valence-corrected chi connectivity index (χ0v) is 18.6. The van der Waals surface area contributed by atoms with Crippen LogP contribution < -0.4 is 4.90 Å². The molecule has 34 heavy (non-hydrogen) atoms. The highest BCUT2D eigenvalue weighted by atomic mass is 16.2. The molecule has 0 saturated heterocycles. The van der Waals surface area contributed by atoms with E-state index in [9.17, 15) is 4.79 Å². The molecular weight excluding hydrogens is 414 g/mol. The number of carbonyl (C=O) groups excluding carboxylic acids is 1. The van der Waals surface area contributed by atoms with Crippen molar-refractivity contribution < 1.29 is 4.79 Å². The summed E-state index contributed by atoms with van der Waals surface area (Å²) in [6.45, 7) is 0. The Morgan fingerprint density at radius 3 is 1.82 bits per heavy atom. The lowest BCUT2D eigenvalue weighted by molar-refractivity contribution is -0.113. The van der Waals surface area contributed by atoms with Crippen molar-refractivity contribution in [1.82, 2.24) is 0 Å². The fourth-order valence-corrected chi connectivity index (χ4v) is 4.94. The Labute approximate surface area is 199 Å². The first-order valence-corrected chi connectivity index (χ1v) is 11.5. The van der Waals surface area contributed by atoms with E-state index in [-0.39, 0.29) is 11.9 Å². The highest BCUT2D eigenvalue weighted by molar-refractivity contribution is 6.36. The van der Waals surface area contributed by atoms with Crippen LogP contribution in [0.25, 0.3) is 22.8 Å². The summed E-state index contributed by atoms with van der Waals surface area (Å²) in [5.41, 5.74) is 8.18. The van der Waals surface area contributed by atoms with Gasteiger partial charge in [-0.2, -0.15) is 0 Å². The Hall–Kier alpha value is -4.43. The van der Waals surface area contributed by atoms with Crippen LogP contribution in [0.5, 0.6) is 0 Å². The third kappa shape index (κ3) is 3.41. The van der Waals surface area contributed by atoms with Crippen LogP contribution in [0.2, 0.25) is 0 Å². The first kappa shape index (κ1) is 20.2. The maximum absolute atomic E-state index is 14.1. The highest BCUT2D eigenvalue weighted by Crippen LogP contribution is 2.45. The first-order chi connectivity index (χ1) is 16.8. The van der Waals surface area contributed by atoms with Gasteiger partial charge in [-0.1, -0.05) is 121 Å². The molecule has 6 rings (SSSR count). The third-order valence-corrected chi connectivity index (χ3v) is 6.52. The molecule has 2 nitrogen and oxygen atoms in total. The zero-order chi connectivity index (χ0) is 22.9. The highest BCUT2D eigenvalue weighted by Gasteiger charge is 2.38. The molecule has 0 N–H and O–H groups in total. The number of hydrogen-bond acceptors (Lipinski definition) is 1. The van der Waals surface area contributed by atoms with E-state index in [1.807, 2.05) is 71.6 Å². The van der Waals surface area contributed by atoms with E-state index in [2.05, 4.69) is 66.7 Å². The van der Waals surface area contributed by atoms with Gasteiger partial charge < -0.3 is 0 Å². The van der Waals surface area contributed by atoms with Crippen molar-refractivity contribution in [2.75, 3.05) is 4.90 Å². The number of benzene rings is 3. The van der Waals surface area contributed by atoms with E-state index in [1.165, 1.54) is 5.56 Å². The number of nitrogens with zero attached hydrogens (tertiary/aromatic N) is 1. The Balaban J connectivity index is 1.52. The van der Waals surface area contributed by atoms with Crippen LogP contribution >= 0.6 is 0 Å². The molecule has 0 bridgehead atoms. The second-order valence-electron chi connectivity index (χ2n) is 8.54. The number of carbonyl (C=O) groups is 1. The SMILES string of the molecule is O=C1/C(=C/c2ccc3cccccc2-3)c2ccccc2N1C(c1ccccc1)c1ccccc1. The molecule has 1 aliphatic heterocycles. The number of amides is 1. The van der Waals surface area contributed by atoms with Gasteiger partial charge in [-0.3, -0.25) is 9.69 Å². The summed E-state index contributed by atoms with van der Waals surface area (Å²) in [5, 5.41) is 0. The number of para-hydroxylation sites is 1. The zero-order valence-electron chi connectivity index (χ0n) is 18.6. The van der Waals surface area contributed by atoms with Gasteiger partial charge in [0.2, 0.25) is 0 Å². The number of rotatable bonds is 4. The number of hydrogen-bond donors (Lipinski definition) is 0. The van der Waals surface area contributed by atoms with Crippen LogP contribution in [-0.2, 0) is 4.79 Å². The van der Waals surface area contributed by atoms with Crippen LogP contribution in [0.1, 0.15) is 28.3 Å². The van der Waals surface area contributed by atoms with Gasteiger partial charge in [-0.05, 0) is 40.0 Å². The van der Waals surface area contributed by atoms with Crippen LogP contribution in [0.3, 0.4) is 0 Å². The van der Waals surface area contributed by atoms with Gasteiger partial charge in [0.25, 0.3) is 5.91 Å². The Bertz CT molecular complexity index is 1430. The quantitative estimate of drug-likeness (QED) is 0.267. The average molecular weight is 438 g/mol. The molecule has 0 saturated carbocycles. The van der Waals surface area contributed by atoms with E-state index in [4.69, 9.17) is 0 Å². The molecule has 3 aliphatic rings. The third-order valence-electron chi connectivity index (χ3n) is 6.52. The normalized spacial score (nSPS) is 14.2. The minimum Gasteiger partial charge on any atom is -0.296 e. The van der Waals surface area contributed by atoms with E-state index in [0.29, 0.717) is 0 Å². The van der Waals surface area contributed by atoms with E-state index in [0.717, 1.165) is 39.1 Å². The number of fused-ring (bicyclic) bond motifs is 2. The Kier molecular flexibility index (Phi) is 5.04. The van der Waals surface area contributed by atoms with Crippen molar-refractivity contribution in [2.45, 2.75) is 6.04 Å². The van der Waals surface area contributed by atoms with Gasteiger partial charge in [0, 0.05) is 11.1 Å². The second-order valence-corrected chi connectivity index (χ2v) is 8.54. The molecule has 2 heteroatoms. The summed E-state index contributed by atoms with van der Waals surface area (Å²) >= 11 is 0. The van der Waals surface area contributed by atoms with Crippen LogP contribution in [0.4, 0.5) is 5.69 Å². The molecule has 2 aliphatic carbocycles. The molecule has 3 aromatic carbocycles. The van der Waals surface area contributed by atoms with Crippen molar-refractivity contribution in [3.63, 3.8) is 0 Å². The van der Waals surface area contributed by atoms with E-state index in [1.54, 1.807) is 0 Å². The van der Waals surface area contributed by atoms with Gasteiger partial charge in [-0.15, -0.1) is 0 Å². The Morgan fingerprint density at radius 2 is 1.12 bits per heavy atom. The molecule has 0 unspecified atom stereocenters. The summed E-state index contributed by atoms with van der Waals surface area (Å²) in [7, 11) is 0. The molecule has 0 radical (unpaired) electrons. The molecular formula is C32H23NO. The van der Waals surface area contributed by atoms with Gasteiger partial charge in [0.15, 0.2) is 0 Å². The van der Waals surface area contributed by atoms with E-state index >= 15 is 0 Å². The molecule has 0 fully saturated rings. The summed E-state index contributed by atoms with van der Waals surface area (Å²) in [5.74, 6) is 0.0218. The smallest absolute Gasteiger partial charge is 0.259 e. The largest absolute Gasteiger partial charge is 0.296 e. The first-order valence-electron chi connectivity index (χ1n) is 11.5. The molecule has 0 atom stereocenters. The summed E-state index contributed by atoms with van der Waals surface area (Å²) in [6, 6.07) is 43.0. The van der Waals surface area contributed by atoms with Crippen molar-refractivity contribution in [3.8, 4) is 11.1 Å². The lowest BCUT2D eigenvalue weighted by Gasteiger charge is -2.29. The topological polar surface area (TPSA) is 20.3 Å². The molecule has 0 spiro atoms. The van der Waals surface area contributed by atoms with Crippen molar-refractivity contribution in [2.24, 2.45) is 0 Å². The van der Waals surface area contributed by atoms with Crippen molar-refractivity contribution in [3.05, 3.63) is 150 Å². The lowest BCUT2D eigenvalue weighted by atomic mass is 9.97. The molecule has 1 amide bonds. The fraction of sp³-hybridized carbons (Fsp3) is 0.0312. The maximum atomic E-state index is 14.1. The standard InChI is InChI=1S/C32H23NO/c34-32-29(22-26-21-20-23-12-4-3-9-17-27(23)26)28-18-10-11-19-30(28)33(32)31(24-13-5-1-6-14-24)25-15-7-2-8-16-25/h1-22,31H/b29-22+. The fourth-order valence-electron chi connectivity index (χ4n) is 4.94. The molecule has 3 aromatic rings. The van der Waals surface area contributed by atoms with Gasteiger partial charge in [0.05, 0.1) is 11.7 Å². The van der Waals surface area contributed by atoms with Crippen LogP contribution in [0, 0.1) is 0 Å². The lowest BCUT2D eigenvalue weighted by Crippen LogP contribution is -2.32. The van der Waals surface area contributed by atoms with Gasteiger partial charge in [0.1, 0.15) is 0 Å². The average Bonchev–Trinajstić information content (AvgIpc) is 3.28. The predicted octanol–water partition coefficient (Wildman–Crippen LogP) is 7.47. The minimum atomic E-state index is -0.212. The predicted molar refractivity (Wildman–Crippen MR) is 140 cm³/mol. The van der Waals surface area contributed by atoms with E-state index < -0.39 is 0 Å². The molecule has 1 heterocycles. The van der Waals surface area contributed by atoms with Crippen LogP contribution in [-0.4, -0.2) is 5.91 Å². The van der Waals surface area contributed by atoms with Gasteiger partial charge in [-0.25, -0.2) is 0 Å². The van der Waals surface area contributed by atoms with Crippen LogP contribution in [0.15, 0.2) is 127 Å². The summed E-state index contributed by atoms with van der Waals surface area (Å²) in [4.78, 5) is 16.1. The molecule has 0 aromatic heterocycles. The second kappa shape index (κ2) is 8.49. The maximum Gasteiger partial charge on any atom is 0.259 e. The summed E-state index contributed by atoms with van der Waals surface area (Å²) in [6.07, 6.45) is 2.05. The monoisotopic (exact) mass is 437 g/mol.